The van der Waals surface area contributed by atoms with Crippen molar-refractivity contribution in [2.45, 2.75) is 0 Å². The summed E-state index contributed by atoms with van der Waals surface area (Å²) in [6.07, 6.45) is 1.75. The van der Waals surface area contributed by atoms with Gasteiger partial charge in [-0.15, -0.1) is 0 Å². The Hall–Kier alpha value is -3.55. The molecule has 0 aliphatic carbocycles. The second-order valence-corrected chi connectivity index (χ2v) is 5.22. The van der Waals surface area contributed by atoms with Crippen molar-refractivity contribution in [1.82, 2.24) is 24.1 Å². The summed E-state index contributed by atoms with van der Waals surface area (Å²) in [5.41, 5.74) is 1.69. The van der Waals surface area contributed by atoms with Crippen LogP contribution in [-0.4, -0.2) is 30.1 Å². The van der Waals surface area contributed by atoms with Crippen molar-refractivity contribution in [3.05, 3.63) is 64.7 Å². The third-order valence-electron chi connectivity index (χ3n) is 3.61. The lowest BCUT2D eigenvalue weighted by atomic mass is 10.3. The van der Waals surface area contributed by atoms with E-state index in [0.717, 1.165) is 15.7 Å². The number of hydrogen-bond donors (Lipinski definition) is 1. The fraction of sp³-hybridized carbons (Fsp3) is 0.0625. The molecule has 0 saturated carbocycles. The number of aromatic nitrogens is 5. The average Bonchev–Trinajstić information content (AvgIpc) is 2.96. The van der Waals surface area contributed by atoms with Crippen molar-refractivity contribution in [2.24, 2.45) is 7.05 Å². The molecule has 4 aromatic rings. The van der Waals surface area contributed by atoms with Crippen LogP contribution in [0.25, 0.3) is 16.8 Å². The van der Waals surface area contributed by atoms with E-state index in [0.29, 0.717) is 5.78 Å². The highest BCUT2D eigenvalue weighted by Crippen LogP contribution is 2.15. The molecule has 0 unspecified atom stereocenters. The fourth-order valence-corrected chi connectivity index (χ4v) is 2.42. The SMILES string of the molecule is Cn1nc(NC(=O)c2ccn3c(n2)nc2ccccc23)ccc1=O. The van der Waals surface area contributed by atoms with Gasteiger partial charge in [-0.1, -0.05) is 12.1 Å². The standard InChI is InChI=1S/C16H12N6O2/c1-21-14(23)7-6-13(20-21)19-15(24)11-8-9-22-12-5-3-2-4-10(12)17-16(22)18-11/h2-9H,1H3,(H,19,20,24). The summed E-state index contributed by atoms with van der Waals surface area (Å²) >= 11 is 0. The van der Waals surface area contributed by atoms with Crippen molar-refractivity contribution in [2.75, 3.05) is 5.32 Å². The topological polar surface area (TPSA) is 94.2 Å². The Bertz CT molecular complexity index is 1140. The Balaban J connectivity index is 1.70. The van der Waals surface area contributed by atoms with E-state index < -0.39 is 5.91 Å². The molecule has 0 saturated heterocycles. The van der Waals surface area contributed by atoms with E-state index in [1.807, 2.05) is 28.7 Å². The highest BCUT2D eigenvalue weighted by atomic mass is 16.2. The monoisotopic (exact) mass is 320 g/mol. The molecule has 8 nitrogen and oxygen atoms in total. The summed E-state index contributed by atoms with van der Waals surface area (Å²) in [6.45, 7) is 0. The van der Waals surface area contributed by atoms with E-state index in [2.05, 4.69) is 20.4 Å². The van der Waals surface area contributed by atoms with Crippen molar-refractivity contribution >= 4 is 28.5 Å². The molecule has 3 aromatic heterocycles. The first kappa shape index (κ1) is 14.1. The molecule has 118 valence electrons. The molecular weight excluding hydrogens is 308 g/mol. The van der Waals surface area contributed by atoms with Crippen LogP contribution in [0.15, 0.2) is 53.5 Å². The number of para-hydroxylation sites is 2. The van der Waals surface area contributed by atoms with Crippen LogP contribution in [0, 0.1) is 0 Å². The van der Waals surface area contributed by atoms with E-state index in [-0.39, 0.29) is 17.1 Å². The minimum atomic E-state index is -0.421. The number of fused-ring (bicyclic) bond motifs is 3. The lowest BCUT2D eigenvalue weighted by Crippen LogP contribution is -2.22. The maximum absolute atomic E-state index is 12.3. The van der Waals surface area contributed by atoms with Gasteiger partial charge in [-0.05, 0) is 24.3 Å². The van der Waals surface area contributed by atoms with Crippen LogP contribution < -0.4 is 10.9 Å². The van der Waals surface area contributed by atoms with Crippen molar-refractivity contribution in [3.63, 3.8) is 0 Å². The van der Waals surface area contributed by atoms with E-state index >= 15 is 0 Å². The van der Waals surface area contributed by atoms with Gasteiger partial charge in [0.05, 0.1) is 11.0 Å². The van der Waals surface area contributed by atoms with Gasteiger partial charge in [-0.3, -0.25) is 14.0 Å². The van der Waals surface area contributed by atoms with Crippen molar-refractivity contribution in [1.29, 1.82) is 0 Å². The summed E-state index contributed by atoms with van der Waals surface area (Å²) in [5, 5.41) is 6.57. The smallest absolute Gasteiger partial charge is 0.275 e. The molecule has 0 spiro atoms. The minimum absolute atomic E-state index is 0.216. The number of nitrogens with one attached hydrogen (secondary N) is 1. The quantitative estimate of drug-likeness (QED) is 0.599. The number of imidazole rings is 1. The number of carbonyl (C=O) groups excluding carboxylic acids is 1. The number of rotatable bonds is 2. The largest absolute Gasteiger partial charge is 0.304 e. The van der Waals surface area contributed by atoms with Crippen LogP contribution in [0.5, 0.6) is 0 Å². The first-order valence-corrected chi connectivity index (χ1v) is 7.21. The lowest BCUT2D eigenvalue weighted by molar-refractivity contribution is 0.102. The summed E-state index contributed by atoms with van der Waals surface area (Å²) in [7, 11) is 1.51. The molecule has 1 amide bonds. The first-order chi connectivity index (χ1) is 11.6. The molecule has 0 aliphatic heterocycles. The molecule has 0 bridgehead atoms. The normalized spacial score (nSPS) is 11.0. The second kappa shape index (κ2) is 5.27. The van der Waals surface area contributed by atoms with Crippen LogP contribution in [0.1, 0.15) is 10.5 Å². The maximum Gasteiger partial charge on any atom is 0.275 e. The summed E-state index contributed by atoms with van der Waals surface area (Å²) in [4.78, 5) is 32.3. The predicted molar refractivity (Wildman–Crippen MR) is 87.9 cm³/mol. The van der Waals surface area contributed by atoms with Gasteiger partial charge in [-0.2, -0.15) is 5.10 Å². The third-order valence-corrected chi connectivity index (χ3v) is 3.61. The molecule has 24 heavy (non-hydrogen) atoms. The molecule has 4 rings (SSSR count). The molecule has 3 heterocycles. The van der Waals surface area contributed by atoms with Gasteiger partial charge in [0, 0.05) is 19.3 Å². The number of anilines is 1. The Morgan fingerprint density at radius 2 is 1.92 bits per heavy atom. The number of aryl methyl sites for hydroxylation is 1. The summed E-state index contributed by atoms with van der Waals surface area (Å²) in [5.74, 6) is 0.297. The van der Waals surface area contributed by atoms with Gasteiger partial charge in [-0.25, -0.2) is 14.6 Å². The van der Waals surface area contributed by atoms with Gasteiger partial charge in [0.2, 0.25) is 5.78 Å². The Morgan fingerprint density at radius 3 is 2.75 bits per heavy atom. The number of carbonyl (C=O) groups is 1. The Morgan fingerprint density at radius 1 is 1.08 bits per heavy atom. The van der Waals surface area contributed by atoms with Gasteiger partial charge in [0.1, 0.15) is 5.69 Å². The molecule has 0 aliphatic rings. The summed E-state index contributed by atoms with van der Waals surface area (Å²) < 4.78 is 2.96. The molecule has 0 fully saturated rings. The molecular formula is C16H12N6O2. The minimum Gasteiger partial charge on any atom is -0.304 e. The van der Waals surface area contributed by atoms with Crippen LogP contribution in [0.3, 0.4) is 0 Å². The highest BCUT2D eigenvalue weighted by Gasteiger charge is 2.12. The summed E-state index contributed by atoms with van der Waals surface area (Å²) in [6, 6.07) is 12.0. The van der Waals surface area contributed by atoms with E-state index in [1.165, 1.54) is 19.2 Å². The van der Waals surface area contributed by atoms with Crippen LogP contribution in [0.4, 0.5) is 5.82 Å². The lowest BCUT2D eigenvalue weighted by Gasteiger charge is -2.05. The number of amides is 1. The van der Waals surface area contributed by atoms with E-state index in [4.69, 9.17) is 0 Å². The third kappa shape index (κ3) is 2.30. The molecule has 1 aromatic carbocycles. The molecule has 8 heteroatoms. The zero-order valence-corrected chi connectivity index (χ0v) is 12.7. The number of hydrogen-bond acceptors (Lipinski definition) is 5. The van der Waals surface area contributed by atoms with E-state index in [1.54, 1.807) is 12.3 Å². The fourth-order valence-electron chi connectivity index (χ4n) is 2.42. The maximum atomic E-state index is 12.3. The van der Waals surface area contributed by atoms with Crippen LogP contribution in [-0.2, 0) is 7.05 Å². The van der Waals surface area contributed by atoms with Crippen molar-refractivity contribution < 1.29 is 4.79 Å². The van der Waals surface area contributed by atoms with E-state index in [9.17, 15) is 9.59 Å². The Kier molecular flexibility index (Phi) is 3.09. The number of benzene rings is 1. The van der Waals surface area contributed by atoms with Gasteiger partial charge < -0.3 is 5.32 Å². The predicted octanol–water partition coefficient (Wildman–Crippen LogP) is 1.23. The Labute approximate surface area is 135 Å². The highest BCUT2D eigenvalue weighted by molar-refractivity contribution is 6.02. The first-order valence-electron chi connectivity index (χ1n) is 7.21. The molecule has 1 N–H and O–H groups in total. The number of nitrogens with zero attached hydrogens (tertiary/aromatic N) is 5. The van der Waals surface area contributed by atoms with Crippen LogP contribution >= 0.6 is 0 Å². The van der Waals surface area contributed by atoms with Crippen LogP contribution in [0.2, 0.25) is 0 Å². The van der Waals surface area contributed by atoms with Gasteiger partial charge in [0.25, 0.3) is 11.5 Å². The molecule has 0 atom stereocenters. The van der Waals surface area contributed by atoms with Gasteiger partial charge >= 0.3 is 0 Å². The zero-order chi connectivity index (χ0) is 16.7. The van der Waals surface area contributed by atoms with Crippen molar-refractivity contribution in [3.8, 4) is 0 Å². The second-order valence-electron chi connectivity index (χ2n) is 5.22. The average molecular weight is 320 g/mol. The van der Waals surface area contributed by atoms with Gasteiger partial charge in [0.15, 0.2) is 5.82 Å². The zero-order valence-electron chi connectivity index (χ0n) is 12.7. The molecule has 0 radical (unpaired) electrons.